The zero-order chi connectivity index (χ0) is 12.6. The molecule has 6 nitrogen and oxygen atoms in total. The van der Waals surface area contributed by atoms with Crippen LogP contribution in [0.15, 0.2) is 6.07 Å². The van der Waals surface area contributed by atoms with Crippen molar-refractivity contribution in [2.75, 3.05) is 12.8 Å². The molecule has 0 radical (unpaired) electrons. The first-order valence-electron chi connectivity index (χ1n) is 5.24. The number of nitrogen functional groups attached to an aromatic ring is 1. The van der Waals surface area contributed by atoms with Crippen LogP contribution < -0.4 is 10.5 Å². The molecule has 2 rings (SSSR count). The maximum absolute atomic E-state index is 5.88. The van der Waals surface area contributed by atoms with Crippen molar-refractivity contribution >= 4 is 5.69 Å². The van der Waals surface area contributed by atoms with Gasteiger partial charge in [0.1, 0.15) is 0 Å². The molecule has 0 saturated carbocycles. The summed E-state index contributed by atoms with van der Waals surface area (Å²) in [6, 6.07) is 1.76. The molecule has 6 heteroatoms. The van der Waals surface area contributed by atoms with Crippen molar-refractivity contribution < 1.29 is 4.74 Å². The Balaban J connectivity index is 2.59. The average molecular weight is 233 g/mol. The summed E-state index contributed by atoms with van der Waals surface area (Å²) in [5, 5.41) is 4.31. The van der Waals surface area contributed by atoms with Crippen LogP contribution >= 0.6 is 0 Å². The second-order valence-electron chi connectivity index (χ2n) is 3.85. The number of ether oxygens (including phenoxy) is 1. The Hall–Kier alpha value is -2.11. The third kappa shape index (κ3) is 1.93. The molecular formula is C11H15N5O. The molecule has 0 fully saturated rings. The molecule has 0 aromatic carbocycles. The Kier molecular flexibility index (Phi) is 2.71. The summed E-state index contributed by atoms with van der Waals surface area (Å²) in [7, 11) is 1.57. The smallest absolute Gasteiger partial charge is 0.254 e. The van der Waals surface area contributed by atoms with Crippen molar-refractivity contribution in [3.63, 3.8) is 0 Å². The van der Waals surface area contributed by atoms with Gasteiger partial charge in [0.05, 0.1) is 24.2 Å². The van der Waals surface area contributed by atoms with Gasteiger partial charge in [0.15, 0.2) is 0 Å². The van der Waals surface area contributed by atoms with Crippen molar-refractivity contribution in [1.29, 1.82) is 0 Å². The zero-order valence-corrected chi connectivity index (χ0v) is 10.4. The summed E-state index contributed by atoms with van der Waals surface area (Å²) in [6.07, 6.45) is 0. The van der Waals surface area contributed by atoms with E-state index in [0.29, 0.717) is 17.5 Å². The van der Waals surface area contributed by atoms with Gasteiger partial charge < -0.3 is 10.5 Å². The molecule has 0 amide bonds. The molecule has 0 spiro atoms. The number of hydrogen-bond acceptors (Lipinski definition) is 5. The van der Waals surface area contributed by atoms with E-state index in [1.165, 1.54) is 0 Å². The highest BCUT2D eigenvalue weighted by atomic mass is 16.5. The van der Waals surface area contributed by atoms with Crippen LogP contribution in [0.1, 0.15) is 17.1 Å². The lowest BCUT2D eigenvalue weighted by Gasteiger charge is -2.06. The molecule has 0 aliphatic rings. The molecule has 0 aliphatic carbocycles. The standard InChI is InChI=1S/C11H15N5O/c1-6-5-9(17-4)14-11(13-6)16-8(3)10(12)7(2)15-16/h5H,12H2,1-4H3. The molecule has 0 unspecified atom stereocenters. The summed E-state index contributed by atoms with van der Waals surface area (Å²) >= 11 is 0. The minimum Gasteiger partial charge on any atom is -0.481 e. The van der Waals surface area contributed by atoms with E-state index in [1.807, 2.05) is 20.8 Å². The van der Waals surface area contributed by atoms with Crippen LogP contribution in [0.3, 0.4) is 0 Å². The van der Waals surface area contributed by atoms with Gasteiger partial charge in [-0.25, -0.2) is 9.67 Å². The molecule has 0 aliphatic heterocycles. The lowest BCUT2D eigenvalue weighted by molar-refractivity contribution is 0.395. The molecule has 0 saturated heterocycles. The maximum atomic E-state index is 5.88. The largest absolute Gasteiger partial charge is 0.481 e. The first-order chi connectivity index (χ1) is 8.02. The van der Waals surface area contributed by atoms with E-state index in [1.54, 1.807) is 17.9 Å². The minimum absolute atomic E-state index is 0.471. The summed E-state index contributed by atoms with van der Waals surface area (Å²) in [5.41, 5.74) is 8.96. The summed E-state index contributed by atoms with van der Waals surface area (Å²) < 4.78 is 6.74. The van der Waals surface area contributed by atoms with Crippen LogP contribution in [0.2, 0.25) is 0 Å². The van der Waals surface area contributed by atoms with Gasteiger partial charge in [-0.2, -0.15) is 10.1 Å². The Labute approximate surface area is 99.4 Å². The molecule has 17 heavy (non-hydrogen) atoms. The van der Waals surface area contributed by atoms with Gasteiger partial charge in [0, 0.05) is 11.8 Å². The van der Waals surface area contributed by atoms with Gasteiger partial charge in [-0.05, 0) is 20.8 Å². The number of methoxy groups -OCH3 is 1. The topological polar surface area (TPSA) is 78.8 Å². The van der Waals surface area contributed by atoms with Crippen LogP contribution in [-0.4, -0.2) is 26.9 Å². The number of nitrogens with zero attached hydrogens (tertiary/aromatic N) is 4. The van der Waals surface area contributed by atoms with Gasteiger partial charge in [-0.3, -0.25) is 0 Å². The number of rotatable bonds is 2. The first kappa shape index (κ1) is 11.4. The van der Waals surface area contributed by atoms with E-state index in [9.17, 15) is 0 Å². The predicted octanol–water partition coefficient (Wildman–Crippen LogP) is 1.18. The van der Waals surface area contributed by atoms with Gasteiger partial charge in [-0.1, -0.05) is 0 Å². The molecule has 2 N–H and O–H groups in total. The number of aromatic nitrogens is 4. The van der Waals surface area contributed by atoms with Crippen LogP contribution in [0.25, 0.3) is 5.95 Å². The first-order valence-corrected chi connectivity index (χ1v) is 5.24. The van der Waals surface area contributed by atoms with E-state index < -0.39 is 0 Å². The second-order valence-corrected chi connectivity index (χ2v) is 3.85. The third-order valence-corrected chi connectivity index (χ3v) is 2.56. The van der Waals surface area contributed by atoms with Crippen LogP contribution in [0.4, 0.5) is 5.69 Å². The van der Waals surface area contributed by atoms with Crippen molar-refractivity contribution in [2.45, 2.75) is 20.8 Å². The van der Waals surface area contributed by atoms with Gasteiger partial charge in [0.25, 0.3) is 5.95 Å². The highest BCUT2D eigenvalue weighted by molar-refractivity contribution is 5.48. The molecule has 2 aromatic rings. The van der Waals surface area contributed by atoms with E-state index in [4.69, 9.17) is 10.5 Å². The van der Waals surface area contributed by atoms with E-state index in [0.717, 1.165) is 17.1 Å². The highest BCUT2D eigenvalue weighted by Gasteiger charge is 2.13. The number of hydrogen-bond donors (Lipinski definition) is 1. The zero-order valence-electron chi connectivity index (χ0n) is 10.4. The lowest BCUT2D eigenvalue weighted by Crippen LogP contribution is -2.07. The van der Waals surface area contributed by atoms with Crippen molar-refractivity contribution in [1.82, 2.24) is 19.7 Å². The number of nitrogens with two attached hydrogens (primary N) is 1. The van der Waals surface area contributed by atoms with E-state index in [2.05, 4.69) is 15.1 Å². The predicted molar refractivity (Wildman–Crippen MR) is 64.3 cm³/mol. The van der Waals surface area contributed by atoms with E-state index >= 15 is 0 Å². The van der Waals surface area contributed by atoms with E-state index in [-0.39, 0.29) is 0 Å². The third-order valence-electron chi connectivity index (χ3n) is 2.56. The fourth-order valence-electron chi connectivity index (χ4n) is 1.57. The summed E-state index contributed by atoms with van der Waals surface area (Å²) in [6.45, 7) is 5.61. The highest BCUT2D eigenvalue weighted by Crippen LogP contribution is 2.19. The SMILES string of the molecule is COc1cc(C)nc(-n2nc(C)c(N)c2C)n1. The average Bonchev–Trinajstić information content (AvgIpc) is 2.56. The van der Waals surface area contributed by atoms with Gasteiger partial charge in [0.2, 0.25) is 5.88 Å². The van der Waals surface area contributed by atoms with Gasteiger partial charge in [-0.15, -0.1) is 0 Å². The van der Waals surface area contributed by atoms with Crippen molar-refractivity contribution in [3.8, 4) is 11.8 Å². The number of aryl methyl sites for hydroxylation is 2. The Bertz CT molecular complexity index is 561. The molecular weight excluding hydrogens is 218 g/mol. The molecule has 0 atom stereocenters. The summed E-state index contributed by atoms with van der Waals surface area (Å²) in [5.74, 6) is 0.984. The molecule has 0 bridgehead atoms. The van der Waals surface area contributed by atoms with Crippen molar-refractivity contribution in [2.24, 2.45) is 0 Å². The Morgan fingerprint density at radius 3 is 2.47 bits per heavy atom. The van der Waals surface area contributed by atoms with Crippen LogP contribution in [-0.2, 0) is 0 Å². The molecule has 2 aromatic heterocycles. The summed E-state index contributed by atoms with van der Waals surface area (Å²) in [4.78, 5) is 8.57. The fraction of sp³-hybridized carbons (Fsp3) is 0.364. The Morgan fingerprint density at radius 2 is 1.94 bits per heavy atom. The van der Waals surface area contributed by atoms with Crippen molar-refractivity contribution in [3.05, 3.63) is 23.1 Å². The molecule has 90 valence electrons. The van der Waals surface area contributed by atoms with Crippen LogP contribution in [0, 0.1) is 20.8 Å². The molecule has 2 heterocycles. The normalized spacial score (nSPS) is 10.6. The second kappa shape index (κ2) is 4.04. The lowest BCUT2D eigenvalue weighted by atomic mass is 10.3. The maximum Gasteiger partial charge on any atom is 0.254 e. The Morgan fingerprint density at radius 1 is 1.24 bits per heavy atom. The number of anilines is 1. The van der Waals surface area contributed by atoms with Gasteiger partial charge >= 0.3 is 0 Å². The van der Waals surface area contributed by atoms with Crippen LogP contribution in [0.5, 0.6) is 5.88 Å². The fourth-order valence-corrected chi connectivity index (χ4v) is 1.57. The monoisotopic (exact) mass is 233 g/mol. The quantitative estimate of drug-likeness (QED) is 0.842. The minimum atomic E-state index is 0.471.